The van der Waals surface area contributed by atoms with Crippen molar-refractivity contribution in [1.29, 1.82) is 0 Å². The molecule has 1 unspecified atom stereocenters. The maximum Gasteiger partial charge on any atom is 0.191 e. The Morgan fingerprint density at radius 3 is 2.55 bits per heavy atom. The van der Waals surface area contributed by atoms with E-state index < -0.39 is 0 Å². The topological polar surface area (TPSA) is 88.1 Å². The molecular formula is C22H36IN5O3. The molecule has 3 rings (SSSR count). The minimum absolute atomic E-state index is 0. The molecule has 3 heterocycles. The van der Waals surface area contributed by atoms with Gasteiger partial charge in [-0.2, -0.15) is 0 Å². The molecule has 31 heavy (non-hydrogen) atoms. The molecule has 8 nitrogen and oxygen atoms in total. The van der Waals surface area contributed by atoms with Crippen LogP contribution in [0.25, 0.3) is 0 Å². The highest BCUT2D eigenvalue weighted by Gasteiger charge is 2.25. The van der Waals surface area contributed by atoms with E-state index in [1.54, 1.807) is 0 Å². The zero-order valence-electron chi connectivity index (χ0n) is 19.1. The highest BCUT2D eigenvalue weighted by atomic mass is 127. The molecular weight excluding hydrogens is 509 g/mol. The van der Waals surface area contributed by atoms with Crippen LogP contribution in [0.3, 0.4) is 0 Å². The van der Waals surface area contributed by atoms with Crippen molar-refractivity contribution >= 4 is 29.9 Å². The SMILES string of the molecule is CCNC(=NCc1c(CC)noc1CC)NCC(c1ccc(C)o1)N1CCOCC1.I. The Bertz CT molecular complexity index is 792. The number of aryl methyl sites for hydroxylation is 3. The molecule has 9 heteroatoms. The van der Waals surface area contributed by atoms with Crippen LogP contribution in [0.15, 0.2) is 26.1 Å². The zero-order valence-corrected chi connectivity index (χ0v) is 21.4. The average Bonchev–Trinajstić information content (AvgIpc) is 3.38. The lowest BCUT2D eigenvalue weighted by atomic mass is 10.1. The Hall–Kier alpha value is -1.59. The first kappa shape index (κ1) is 25.7. The molecule has 1 atom stereocenters. The lowest BCUT2D eigenvalue weighted by Crippen LogP contribution is -2.46. The summed E-state index contributed by atoms with van der Waals surface area (Å²) in [6.45, 7) is 13.5. The van der Waals surface area contributed by atoms with Crippen LogP contribution < -0.4 is 10.6 Å². The Morgan fingerprint density at radius 1 is 1.16 bits per heavy atom. The second-order valence-electron chi connectivity index (χ2n) is 7.43. The third kappa shape index (κ3) is 6.95. The predicted molar refractivity (Wildman–Crippen MR) is 132 cm³/mol. The van der Waals surface area contributed by atoms with Crippen molar-refractivity contribution in [1.82, 2.24) is 20.7 Å². The zero-order chi connectivity index (χ0) is 21.3. The molecule has 2 aromatic heterocycles. The minimum atomic E-state index is 0. The number of ether oxygens (including phenoxy) is 1. The van der Waals surface area contributed by atoms with Gasteiger partial charge in [0.05, 0.1) is 31.5 Å². The van der Waals surface area contributed by atoms with Gasteiger partial charge in [0.2, 0.25) is 0 Å². The monoisotopic (exact) mass is 545 g/mol. The first-order valence-corrected chi connectivity index (χ1v) is 11.0. The third-order valence-corrected chi connectivity index (χ3v) is 5.39. The van der Waals surface area contributed by atoms with Crippen LogP contribution in [-0.4, -0.2) is 55.4 Å². The van der Waals surface area contributed by atoms with Gasteiger partial charge < -0.3 is 24.3 Å². The van der Waals surface area contributed by atoms with E-state index in [4.69, 9.17) is 18.7 Å². The van der Waals surface area contributed by atoms with E-state index in [0.717, 1.165) is 80.2 Å². The number of nitrogens with one attached hydrogen (secondary N) is 2. The van der Waals surface area contributed by atoms with E-state index in [1.807, 2.05) is 13.0 Å². The molecule has 0 amide bonds. The maximum absolute atomic E-state index is 5.97. The van der Waals surface area contributed by atoms with E-state index in [0.29, 0.717) is 13.1 Å². The van der Waals surface area contributed by atoms with Crippen LogP contribution in [-0.2, 0) is 24.1 Å². The number of guanidine groups is 1. The largest absolute Gasteiger partial charge is 0.465 e. The number of aliphatic imine (C=N–C) groups is 1. The number of aromatic nitrogens is 1. The molecule has 0 bridgehead atoms. The van der Waals surface area contributed by atoms with Gasteiger partial charge in [0.15, 0.2) is 5.96 Å². The fourth-order valence-corrected chi connectivity index (χ4v) is 3.74. The number of nitrogens with zero attached hydrogens (tertiary/aromatic N) is 3. The highest BCUT2D eigenvalue weighted by molar-refractivity contribution is 14.0. The molecule has 1 saturated heterocycles. The van der Waals surface area contributed by atoms with Crippen molar-refractivity contribution < 1.29 is 13.7 Å². The average molecular weight is 545 g/mol. The van der Waals surface area contributed by atoms with Gasteiger partial charge in [-0.15, -0.1) is 24.0 Å². The first-order valence-electron chi connectivity index (χ1n) is 11.0. The molecule has 0 spiro atoms. The van der Waals surface area contributed by atoms with Crippen molar-refractivity contribution in [2.45, 2.75) is 53.1 Å². The van der Waals surface area contributed by atoms with Gasteiger partial charge in [0.1, 0.15) is 17.3 Å². The number of morpholine rings is 1. The fourth-order valence-electron chi connectivity index (χ4n) is 3.74. The Kier molecular flexibility index (Phi) is 10.8. The summed E-state index contributed by atoms with van der Waals surface area (Å²) in [5.41, 5.74) is 2.09. The minimum Gasteiger partial charge on any atom is -0.465 e. The number of hydrogen-bond acceptors (Lipinski definition) is 6. The lowest BCUT2D eigenvalue weighted by molar-refractivity contribution is 0.0124. The second-order valence-corrected chi connectivity index (χ2v) is 7.43. The Balaban J connectivity index is 0.00000341. The van der Waals surface area contributed by atoms with Crippen LogP contribution in [0.5, 0.6) is 0 Å². The molecule has 174 valence electrons. The summed E-state index contributed by atoms with van der Waals surface area (Å²) < 4.78 is 17.0. The Morgan fingerprint density at radius 2 is 1.94 bits per heavy atom. The normalized spacial score (nSPS) is 16.1. The fraction of sp³-hybridized carbons (Fsp3) is 0.636. The van der Waals surface area contributed by atoms with Crippen molar-refractivity contribution in [2.24, 2.45) is 4.99 Å². The van der Waals surface area contributed by atoms with Crippen molar-refractivity contribution in [3.8, 4) is 0 Å². The molecule has 0 aromatic carbocycles. The second kappa shape index (κ2) is 13.1. The van der Waals surface area contributed by atoms with Crippen LogP contribution >= 0.6 is 24.0 Å². The number of halogens is 1. The Labute approximate surface area is 202 Å². The number of rotatable bonds is 9. The smallest absolute Gasteiger partial charge is 0.191 e. The quantitative estimate of drug-likeness (QED) is 0.284. The van der Waals surface area contributed by atoms with Gasteiger partial charge in [-0.25, -0.2) is 4.99 Å². The van der Waals surface area contributed by atoms with Crippen molar-refractivity contribution in [2.75, 3.05) is 39.4 Å². The molecule has 1 aliphatic rings. The van der Waals surface area contributed by atoms with Gasteiger partial charge in [0.25, 0.3) is 0 Å². The van der Waals surface area contributed by atoms with Crippen LogP contribution in [0.4, 0.5) is 0 Å². The highest BCUT2D eigenvalue weighted by Crippen LogP contribution is 2.23. The summed E-state index contributed by atoms with van der Waals surface area (Å²) in [7, 11) is 0. The summed E-state index contributed by atoms with van der Waals surface area (Å²) in [5.74, 6) is 3.60. The van der Waals surface area contributed by atoms with E-state index in [2.05, 4.69) is 47.5 Å². The summed E-state index contributed by atoms with van der Waals surface area (Å²) >= 11 is 0. The van der Waals surface area contributed by atoms with Gasteiger partial charge in [-0.1, -0.05) is 19.0 Å². The maximum atomic E-state index is 5.97. The van der Waals surface area contributed by atoms with E-state index in [1.165, 1.54) is 0 Å². The van der Waals surface area contributed by atoms with Crippen LogP contribution in [0.2, 0.25) is 0 Å². The molecule has 2 aromatic rings. The molecule has 2 N–H and O–H groups in total. The van der Waals surface area contributed by atoms with E-state index in [9.17, 15) is 0 Å². The van der Waals surface area contributed by atoms with Crippen molar-refractivity contribution in [3.63, 3.8) is 0 Å². The van der Waals surface area contributed by atoms with Crippen LogP contribution in [0.1, 0.15) is 55.4 Å². The molecule has 0 saturated carbocycles. The lowest BCUT2D eigenvalue weighted by Gasteiger charge is -2.33. The molecule has 1 aliphatic heterocycles. The molecule has 0 aliphatic carbocycles. The molecule has 1 fully saturated rings. The number of furan rings is 1. The van der Waals surface area contributed by atoms with E-state index in [-0.39, 0.29) is 30.0 Å². The summed E-state index contributed by atoms with van der Waals surface area (Å²) in [6, 6.07) is 4.21. The predicted octanol–water partition coefficient (Wildman–Crippen LogP) is 3.45. The summed E-state index contributed by atoms with van der Waals surface area (Å²) in [6.07, 6.45) is 1.66. The van der Waals surface area contributed by atoms with Crippen LogP contribution in [0, 0.1) is 6.92 Å². The summed E-state index contributed by atoms with van der Waals surface area (Å²) in [5, 5.41) is 11.0. The third-order valence-electron chi connectivity index (χ3n) is 5.39. The number of hydrogen-bond donors (Lipinski definition) is 2. The van der Waals surface area contributed by atoms with Gasteiger partial charge in [-0.3, -0.25) is 4.90 Å². The standard InChI is InChI=1S/C22H35N5O3.HI/c1-5-18-17(20(6-2)30-26-18)14-24-22(23-7-3)25-15-19(21-9-8-16(4)29-21)27-10-12-28-13-11-27;/h8-9,19H,5-7,10-15H2,1-4H3,(H2,23,24,25);1H. The van der Waals surface area contributed by atoms with E-state index >= 15 is 0 Å². The molecule has 0 radical (unpaired) electrons. The van der Waals surface area contributed by atoms with Crippen molar-refractivity contribution in [3.05, 3.63) is 40.7 Å². The van der Waals surface area contributed by atoms with Gasteiger partial charge >= 0.3 is 0 Å². The van der Waals surface area contributed by atoms with Gasteiger partial charge in [0, 0.05) is 38.2 Å². The van der Waals surface area contributed by atoms with Gasteiger partial charge in [-0.05, 0) is 32.4 Å². The summed E-state index contributed by atoms with van der Waals surface area (Å²) in [4.78, 5) is 7.22. The first-order chi connectivity index (χ1) is 14.7.